The second kappa shape index (κ2) is 7.16. The van der Waals surface area contributed by atoms with Crippen molar-refractivity contribution < 1.29 is 5.11 Å². The van der Waals surface area contributed by atoms with Gasteiger partial charge < -0.3 is 5.11 Å². The third-order valence-corrected chi connectivity index (χ3v) is 4.70. The van der Waals surface area contributed by atoms with E-state index in [1.807, 2.05) is 44.2 Å². The number of phenolic OH excluding ortho intramolecular Hbond substituents is 1. The Morgan fingerprint density at radius 1 is 1.08 bits per heavy atom. The average molecular weight is 348 g/mol. The standard InChI is InChI=1S/C22H24N2O2/c1-5-18-15(4)23-21(19-8-6-7-9-20(19)25)24(22(18)26)17-12-10-16(11-13-17)14(2)3/h6-14,25H,5H2,1-4H3. The van der Waals surface area contributed by atoms with Gasteiger partial charge in [-0.1, -0.05) is 45.0 Å². The lowest BCUT2D eigenvalue weighted by Gasteiger charge is -2.17. The van der Waals surface area contributed by atoms with Crippen molar-refractivity contribution in [1.29, 1.82) is 0 Å². The molecule has 0 aliphatic rings. The molecular weight excluding hydrogens is 324 g/mol. The van der Waals surface area contributed by atoms with E-state index in [1.165, 1.54) is 5.56 Å². The Morgan fingerprint density at radius 2 is 1.73 bits per heavy atom. The van der Waals surface area contributed by atoms with Crippen molar-refractivity contribution in [3.63, 3.8) is 0 Å². The predicted octanol–water partition coefficient (Wildman–Crippen LogP) is 4.60. The van der Waals surface area contributed by atoms with E-state index < -0.39 is 0 Å². The Kier molecular flexibility index (Phi) is 4.94. The van der Waals surface area contributed by atoms with Crippen LogP contribution in [0.2, 0.25) is 0 Å². The first-order valence-electron chi connectivity index (χ1n) is 8.95. The smallest absolute Gasteiger partial charge is 0.261 e. The third-order valence-electron chi connectivity index (χ3n) is 4.70. The molecule has 0 amide bonds. The molecule has 0 atom stereocenters. The summed E-state index contributed by atoms with van der Waals surface area (Å²) in [5, 5.41) is 10.3. The van der Waals surface area contributed by atoms with Gasteiger partial charge in [0.05, 0.1) is 11.3 Å². The van der Waals surface area contributed by atoms with E-state index in [-0.39, 0.29) is 11.3 Å². The van der Waals surface area contributed by atoms with Crippen LogP contribution in [0.5, 0.6) is 5.75 Å². The summed E-state index contributed by atoms with van der Waals surface area (Å²) in [7, 11) is 0. The molecule has 0 saturated heterocycles. The normalized spacial score (nSPS) is 11.1. The number of phenols is 1. The van der Waals surface area contributed by atoms with Crippen LogP contribution in [-0.4, -0.2) is 14.7 Å². The molecule has 0 aliphatic carbocycles. The highest BCUT2D eigenvalue weighted by molar-refractivity contribution is 5.66. The summed E-state index contributed by atoms with van der Waals surface area (Å²) in [6.07, 6.45) is 0.614. The van der Waals surface area contributed by atoms with Crippen molar-refractivity contribution in [2.24, 2.45) is 0 Å². The minimum Gasteiger partial charge on any atom is -0.507 e. The van der Waals surface area contributed by atoms with Gasteiger partial charge in [-0.15, -0.1) is 0 Å². The van der Waals surface area contributed by atoms with Gasteiger partial charge in [0.15, 0.2) is 5.82 Å². The molecule has 4 nitrogen and oxygen atoms in total. The minimum atomic E-state index is -0.0875. The number of nitrogens with zero attached hydrogens (tertiary/aromatic N) is 2. The summed E-state index contributed by atoms with van der Waals surface area (Å²) >= 11 is 0. The first kappa shape index (κ1) is 17.9. The van der Waals surface area contributed by atoms with Crippen LogP contribution in [0.25, 0.3) is 17.1 Å². The molecule has 0 aliphatic heterocycles. The highest BCUT2D eigenvalue weighted by atomic mass is 16.3. The molecular formula is C22H24N2O2. The number of hydrogen-bond donors (Lipinski definition) is 1. The van der Waals surface area contributed by atoms with Gasteiger partial charge in [-0.3, -0.25) is 9.36 Å². The van der Waals surface area contributed by atoms with Crippen LogP contribution in [-0.2, 0) is 6.42 Å². The first-order chi connectivity index (χ1) is 12.4. The summed E-state index contributed by atoms with van der Waals surface area (Å²) in [5.74, 6) is 0.983. The molecule has 26 heavy (non-hydrogen) atoms. The van der Waals surface area contributed by atoms with E-state index in [1.54, 1.807) is 22.8 Å². The Bertz CT molecular complexity index is 986. The summed E-state index contributed by atoms with van der Waals surface area (Å²) in [5.41, 5.74) is 3.81. The number of aromatic nitrogens is 2. The molecule has 0 saturated carbocycles. The Labute approximate surface area is 153 Å². The van der Waals surface area contributed by atoms with E-state index in [2.05, 4.69) is 18.8 Å². The number of aryl methyl sites for hydroxylation is 1. The van der Waals surface area contributed by atoms with E-state index in [0.29, 0.717) is 35.0 Å². The zero-order chi connectivity index (χ0) is 18.8. The lowest BCUT2D eigenvalue weighted by atomic mass is 10.0. The third kappa shape index (κ3) is 3.15. The molecule has 3 aromatic rings. The first-order valence-corrected chi connectivity index (χ1v) is 8.95. The van der Waals surface area contributed by atoms with Gasteiger partial charge in [-0.2, -0.15) is 0 Å². The maximum absolute atomic E-state index is 13.2. The van der Waals surface area contributed by atoms with Crippen LogP contribution in [0.4, 0.5) is 0 Å². The van der Waals surface area contributed by atoms with E-state index in [9.17, 15) is 9.90 Å². The maximum atomic E-state index is 13.2. The molecule has 0 bridgehead atoms. The molecule has 0 spiro atoms. The van der Waals surface area contributed by atoms with Gasteiger partial charge >= 0.3 is 0 Å². The highest BCUT2D eigenvalue weighted by Crippen LogP contribution is 2.29. The fourth-order valence-electron chi connectivity index (χ4n) is 3.16. The maximum Gasteiger partial charge on any atom is 0.261 e. The van der Waals surface area contributed by atoms with Gasteiger partial charge in [0, 0.05) is 11.3 Å². The van der Waals surface area contributed by atoms with Crippen LogP contribution in [0, 0.1) is 6.92 Å². The summed E-state index contributed by atoms with van der Waals surface area (Å²) < 4.78 is 1.60. The van der Waals surface area contributed by atoms with Crippen LogP contribution < -0.4 is 5.56 Å². The highest BCUT2D eigenvalue weighted by Gasteiger charge is 2.18. The molecule has 3 rings (SSSR count). The monoisotopic (exact) mass is 348 g/mol. The summed E-state index contributed by atoms with van der Waals surface area (Å²) in [6, 6.07) is 14.9. The van der Waals surface area contributed by atoms with Crippen molar-refractivity contribution in [2.45, 2.75) is 40.0 Å². The average Bonchev–Trinajstić information content (AvgIpc) is 2.62. The fourth-order valence-corrected chi connectivity index (χ4v) is 3.16. The fraction of sp³-hybridized carbons (Fsp3) is 0.273. The Hall–Kier alpha value is -2.88. The van der Waals surface area contributed by atoms with E-state index in [0.717, 1.165) is 5.69 Å². The van der Waals surface area contributed by atoms with Crippen LogP contribution in [0.15, 0.2) is 53.3 Å². The molecule has 134 valence electrons. The number of rotatable bonds is 4. The SMILES string of the molecule is CCc1c(C)nc(-c2ccccc2O)n(-c2ccc(C(C)C)cc2)c1=O. The lowest BCUT2D eigenvalue weighted by molar-refractivity contribution is 0.476. The molecule has 4 heteroatoms. The van der Waals surface area contributed by atoms with Gasteiger partial charge in [0.25, 0.3) is 5.56 Å². The van der Waals surface area contributed by atoms with Crippen LogP contribution >= 0.6 is 0 Å². The summed E-state index contributed by atoms with van der Waals surface area (Å²) in [6.45, 7) is 8.07. The second-order valence-corrected chi connectivity index (χ2v) is 6.76. The predicted molar refractivity (Wildman–Crippen MR) is 105 cm³/mol. The molecule has 0 fully saturated rings. The van der Waals surface area contributed by atoms with Gasteiger partial charge in [0.2, 0.25) is 0 Å². The molecule has 1 N–H and O–H groups in total. The topological polar surface area (TPSA) is 55.1 Å². The van der Waals surface area contributed by atoms with Gasteiger partial charge in [0.1, 0.15) is 5.75 Å². The lowest BCUT2D eigenvalue weighted by Crippen LogP contribution is -2.26. The Morgan fingerprint density at radius 3 is 2.31 bits per heavy atom. The van der Waals surface area contributed by atoms with Gasteiger partial charge in [-0.25, -0.2) is 4.98 Å². The Balaban J connectivity index is 2.32. The zero-order valence-electron chi connectivity index (χ0n) is 15.7. The molecule has 1 aromatic heterocycles. The van der Waals surface area contributed by atoms with Crippen molar-refractivity contribution in [3.8, 4) is 22.8 Å². The molecule has 1 heterocycles. The number of aromatic hydroxyl groups is 1. The minimum absolute atomic E-state index is 0.0875. The van der Waals surface area contributed by atoms with Crippen molar-refractivity contribution in [2.75, 3.05) is 0 Å². The second-order valence-electron chi connectivity index (χ2n) is 6.76. The zero-order valence-corrected chi connectivity index (χ0v) is 15.7. The van der Waals surface area contributed by atoms with E-state index in [4.69, 9.17) is 0 Å². The van der Waals surface area contributed by atoms with Crippen LogP contribution in [0.1, 0.15) is 43.5 Å². The number of hydrogen-bond acceptors (Lipinski definition) is 3. The quantitative estimate of drug-likeness (QED) is 0.750. The van der Waals surface area contributed by atoms with Crippen molar-refractivity contribution in [3.05, 3.63) is 75.7 Å². The largest absolute Gasteiger partial charge is 0.507 e. The van der Waals surface area contributed by atoms with Crippen molar-refractivity contribution >= 4 is 0 Å². The van der Waals surface area contributed by atoms with Crippen LogP contribution in [0.3, 0.4) is 0 Å². The van der Waals surface area contributed by atoms with Crippen molar-refractivity contribution in [1.82, 2.24) is 9.55 Å². The van der Waals surface area contributed by atoms with Gasteiger partial charge in [-0.05, 0) is 49.1 Å². The summed E-state index contributed by atoms with van der Waals surface area (Å²) in [4.78, 5) is 17.9. The van der Waals surface area contributed by atoms with E-state index >= 15 is 0 Å². The molecule has 0 unspecified atom stereocenters. The molecule has 2 aromatic carbocycles. The number of para-hydroxylation sites is 1. The molecule has 0 radical (unpaired) electrons. The number of benzene rings is 2.